The summed E-state index contributed by atoms with van der Waals surface area (Å²) in [6, 6.07) is 0.378. The number of amides is 1. The van der Waals surface area contributed by atoms with Crippen molar-refractivity contribution in [1.82, 2.24) is 10.2 Å². The maximum Gasteiger partial charge on any atom is 0.241 e. The number of ether oxygens (including phenoxy) is 1. The zero-order valence-corrected chi connectivity index (χ0v) is 13.4. The van der Waals surface area contributed by atoms with E-state index in [1.54, 1.807) is 7.11 Å². The summed E-state index contributed by atoms with van der Waals surface area (Å²) in [7, 11) is 1.78. The molecular formula is C16H30N2O2. The van der Waals surface area contributed by atoms with Crippen molar-refractivity contribution in [2.75, 3.05) is 7.11 Å². The highest BCUT2D eigenvalue weighted by Crippen LogP contribution is 2.32. The summed E-state index contributed by atoms with van der Waals surface area (Å²) in [4.78, 5) is 14.9. The number of carbonyl (C=O) groups is 1. The van der Waals surface area contributed by atoms with Gasteiger partial charge in [0.15, 0.2) is 0 Å². The molecule has 0 aromatic carbocycles. The van der Waals surface area contributed by atoms with Crippen LogP contribution in [-0.4, -0.2) is 42.3 Å². The largest absolute Gasteiger partial charge is 0.381 e. The summed E-state index contributed by atoms with van der Waals surface area (Å²) >= 11 is 0. The van der Waals surface area contributed by atoms with E-state index in [2.05, 4.69) is 31.0 Å². The van der Waals surface area contributed by atoms with Crippen LogP contribution in [0.1, 0.15) is 59.3 Å². The standard InChI is InChI=1S/C16H30N2O2/c1-5-7-14-17-15(11(3)6-2)16(19)18(14)12-8-9-13(10-12)20-4/h11-15,17H,5-10H2,1-4H3. The van der Waals surface area contributed by atoms with E-state index in [9.17, 15) is 4.79 Å². The Balaban J connectivity index is 2.09. The predicted octanol–water partition coefficient (Wildman–Crippen LogP) is 2.53. The normalized spacial score (nSPS) is 35.8. The minimum absolute atomic E-state index is 0.0122. The Morgan fingerprint density at radius 3 is 2.70 bits per heavy atom. The average Bonchev–Trinajstić information content (AvgIpc) is 3.03. The Labute approximate surface area is 123 Å². The molecule has 4 heteroatoms. The van der Waals surface area contributed by atoms with Crippen molar-refractivity contribution in [3.63, 3.8) is 0 Å². The lowest BCUT2D eigenvalue weighted by Crippen LogP contribution is -2.43. The molecule has 1 saturated heterocycles. The molecule has 1 aliphatic heterocycles. The first-order chi connectivity index (χ1) is 9.62. The second-order valence-electron chi connectivity index (χ2n) is 6.40. The zero-order chi connectivity index (χ0) is 14.7. The third-order valence-corrected chi connectivity index (χ3v) is 5.09. The van der Waals surface area contributed by atoms with Gasteiger partial charge in [0.05, 0.1) is 18.3 Å². The molecule has 1 saturated carbocycles. The van der Waals surface area contributed by atoms with Crippen LogP contribution < -0.4 is 5.32 Å². The molecule has 1 aliphatic carbocycles. The van der Waals surface area contributed by atoms with Crippen LogP contribution >= 0.6 is 0 Å². The summed E-state index contributed by atoms with van der Waals surface area (Å²) in [5.41, 5.74) is 0. The van der Waals surface area contributed by atoms with Crippen molar-refractivity contribution >= 4 is 5.91 Å². The van der Waals surface area contributed by atoms with Gasteiger partial charge in [-0.15, -0.1) is 0 Å². The van der Waals surface area contributed by atoms with Crippen LogP contribution in [0.15, 0.2) is 0 Å². The van der Waals surface area contributed by atoms with Crippen LogP contribution in [0.4, 0.5) is 0 Å². The Kier molecular flexibility index (Phi) is 5.44. The number of methoxy groups -OCH3 is 1. The van der Waals surface area contributed by atoms with Crippen molar-refractivity contribution in [3.05, 3.63) is 0 Å². The molecule has 2 aliphatic rings. The lowest BCUT2D eigenvalue weighted by atomic mass is 9.99. The second kappa shape index (κ2) is 6.90. The molecule has 1 amide bonds. The lowest BCUT2D eigenvalue weighted by Gasteiger charge is -2.30. The minimum atomic E-state index is 0.0122. The highest BCUT2D eigenvalue weighted by Gasteiger charge is 2.45. The molecule has 5 unspecified atom stereocenters. The molecule has 116 valence electrons. The Bertz CT molecular complexity index is 334. The van der Waals surface area contributed by atoms with Gasteiger partial charge in [0, 0.05) is 13.2 Å². The van der Waals surface area contributed by atoms with Crippen molar-refractivity contribution in [2.45, 2.75) is 83.6 Å². The first-order valence-electron chi connectivity index (χ1n) is 8.23. The van der Waals surface area contributed by atoms with Gasteiger partial charge in [-0.1, -0.05) is 33.6 Å². The average molecular weight is 282 g/mol. The van der Waals surface area contributed by atoms with E-state index in [0.29, 0.717) is 24.0 Å². The molecule has 20 heavy (non-hydrogen) atoms. The fourth-order valence-corrected chi connectivity index (χ4v) is 3.63. The van der Waals surface area contributed by atoms with Gasteiger partial charge in [0.2, 0.25) is 5.91 Å². The minimum Gasteiger partial charge on any atom is -0.381 e. The molecule has 0 radical (unpaired) electrons. The highest BCUT2D eigenvalue weighted by molar-refractivity contribution is 5.85. The molecule has 1 N–H and O–H groups in total. The topological polar surface area (TPSA) is 41.6 Å². The summed E-state index contributed by atoms with van der Waals surface area (Å²) in [6.45, 7) is 6.52. The van der Waals surface area contributed by atoms with E-state index in [0.717, 1.165) is 38.5 Å². The molecule has 1 heterocycles. The fraction of sp³-hybridized carbons (Fsp3) is 0.938. The van der Waals surface area contributed by atoms with E-state index in [1.807, 2.05) is 0 Å². The van der Waals surface area contributed by atoms with Crippen LogP contribution in [0.3, 0.4) is 0 Å². The van der Waals surface area contributed by atoms with Gasteiger partial charge in [-0.25, -0.2) is 0 Å². The molecule has 0 aromatic heterocycles. The van der Waals surface area contributed by atoms with Crippen LogP contribution in [0, 0.1) is 5.92 Å². The Hall–Kier alpha value is -0.610. The summed E-state index contributed by atoms with van der Waals surface area (Å²) in [6.07, 6.45) is 6.92. The number of hydrogen-bond acceptors (Lipinski definition) is 3. The van der Waals surface area contributed by atoms with Gasteiger partial charge < -0.3 is 9.64 Å². The maximum atomic E-state index is 12.8. The molecule has 4 nitrogen and oxygen atoms in total. The SMILES string of the molecule is CCCC1NC(C(C)CC)C(=O)N1C1CCC(OC)C1. The second-order valence-corrected chi connectivity index (χ2v) is 6.40. The van der Waals surface area contributed by atoms with E-state index >= 15 is 0 Å². The Morgan fingerprint density at radius 2 is 2.15 bits per heavy atom. The molecule has 2 fully saturated rings. The van der Waals surface area contributed by atoms with E-state index < -0.39 is 0 Å². The highest BCUT2D eigenvalue weighted by atomic mass is 16.5. The summed E-state index contributed by atoms with van der Waals surface area (Å²) in [5.74, 6) is 0.728. The van der Waals surface area contributed by atoms with Crippen molar-refractivity contribution in [2.24, 2.45) is 5.92 Å². The molecule has 5 atom stereocenters. The summed E-state index contributed by atoms with van der Waals surface area (Å²) < 4.78 is 5.47. The first kappa shape index (κ1) is 15.8. The lowest BCUT2D eigenvalue weighted by molar-refractivity contribution is -0.133. The van der Waals surface area contributed by atoms with Crippen molar-refractivity contribution < 1.29 is 9.53 Å². The smallest absolute Gasteiger partial charge is 0.241 e. The van der Waals surface area contributed by atoms with Crippen LogP contribution in [0.5, 0.6) is 0 Å². The van der Waals surface area contributed by atoms with E-state index in [-0.39, 0.29) is 12.2 Å². The third kappa shape index (κ3) is 3.01. The monoisotopic (exact) mass is 282 g/mol. The third-order valence-electron chi connectivity index (χ3n) is 5.09. The van der Waals surface area contributed by atoms with Crippen LogP contribution in [0.2, 0.25) is 0 Å². The number of rotatable bonds is 6. The number of hydrogen-bond donors (Lipinski definition) is 1. The van der Waals surface area contributed by atoms with E-state index in [1.165, 1.54) is 0 Å². The number of nitrogens with zero attached hydrogens (tertiary/aromatic N) is 1. The zero-order valence-electron chi connectivity index (χ0n) is 13.4. The van der Waals surface area contributed by atoms with Crippen LogP contribution in [0.25, 0.3) is 0 Å². The molecular weight excluding hydrogens is 252 g/mol. The van der Waals surface area contributed by atoms with Gasteiger partial charge >= 0.3 is 0 Å². The number of nitrogens with one attached hydrogen (secondary N) is 1. The quantitative estimate of drug-likeness (QED) is 0.814. The van der Waals surface area contributed by atoms with Gasteiger partial charge in [-0.3, -0.25) is 10.1 Å². The molecule has 0 spiro atoms. The van der Waals surface area contributed by atoms with E-state index in [4.69, 9.17) is 4.74 Å². The molecule has 0 aromatic rings. The molecule has 2 rings (SSSR count). The summed E-state index contributed by atoms with van der Waals surface area (Å²) in [5, 5.41) is 3.59. The van der Waals surface area contributed by atoms with Crippen LogP contribution in [-0.2, 0) is 9.53 Å². The van der Waals surface area contributed by atoms with Crippen molar-refractivity contribution in [1.29, 1.82) is 0 Å². The predicted molar refractivity (Wildman–Crippen MR) is 80.4 cm³/mol. The van der Waals surface area contributed by atoms with Gasteiger partial charge in [-0.05, 0) is 31.6 Å². The van der Waals surface area contributed by atoms with Gasteiger partial charge in [0.25, 0.3) is 0 Å². The van der Waals surface area contributed by atoms with Gasteiger partial charge in [0.1, 0.15) is 0 Å². The maximum absolute atomic E-state index is 12.8. The molecule has 0 bridgehead atoms. The number of carbonyl (C=O) groups excluding carboxylic acids is 1. The fourth-order valence-electron chi connectivity index (χ4n) is 3.63. The Morgan fingerprint density at radius 1 is 1.40 bits per heavy atom. The first-order valence-corrected chi connectivity index (χ1v) is 8.23. The van der Waals surface area contributed by atoms with Gasteiger partial charge in [-0.2, -0.15) is 0 Å². The van der Waals surface area contributed by atoms with Crippen molar-refractivity contribution in [3.8, 4) is 0 Å².